The largest absolute Gasteiger partial charge is 0.382 e. The van der Waals surface area contributed by atoms with E-state index in [1.54, 1.807) is 6.20 Å². The van der Waals surface area contributed by atoms with Gasteiger partial charge in [-0.05, 0) is 18.9 Å². The molecule has 1 heterocycles. The number of hydrazine groups is 1. The van der Waals surface area contributed by atoms with E-state index in [1.807, 2.05) is 12.1 Å². The van der Waals surface area contributed by atoms with E-state index in [-0.39, 0.29) is 0 Å². The van der Waals surface area contributed by atoms with Crippen LogP contribution < -0.4 is 16.6 Å². The summed E-state index contributed by atoms with van der Waals surface area (Å²) in [4.78, 5) is 4.10. The number of nitrogens with two attached hydrogens (primary N) is 1. The molecule has 4 N–H and O–H groups in total. The predicted molar refractivity (Wildman–Crippen MR) is 73.9 cm³/mol. The summed E-state index contributed by atoms with van der Waals surface area (Å²) in [5, 5.41) is 3.55. The molecule has 0 radical (unpaired) electrons. The Morgan fingerprint density at radius 3 is 2.76 bits per heavy atom. The van der Waals surface area contributed by atoms with Crippen LogP contribution in [0.2, 0.25) is 0 Å². The van der Waals surface area contributed by atoms with Crippen LogP contribution in [-0.2, 0) is 0 Å². The highest BCUT2D eigenvalue weighted by molar-refractivity contribution is 5.51. The molecule has 0 bridgehead atoms. The summed E-state index contributed by atoms with van der Waals surface area (Å²) in [5.41, 5.74) is 3.65. The summed E-state index contributed by atoms with van der Waals surface area (Å²) >= 11 is 0. The number of nitrogens with one attached hydrogen (secondary N) is 2. The van der Waals surface area contributed by atoms with E-state index in [4.69, 9.17) is 5.84 Å². The second-order valence-corrected chi connectivity index (χ2v) is 4.35. The third-order valence-corrected chi connectivity index (χ3v) is 2.82. The van der Waals surface area contributed by atoms with Gasteiger partial charge in [0.1, 0.15) is 5.82 Å². The van der Waals surface area contributed by atoms with Crippen molar-refractivity contribution in [3.05, 3.63) is 18.3 Å². The maximum absolute atomic E-state index is 5.35. The minimum Gasteiger partial charge on any atom is -0.382 e. The van der Waals surface area contributed by atoms with Crippen LogP contribution in [0.5, 0.6) is 0 Å². The molecule has 0 aliphatic heterocycles. The van der Waals surface area contributed by atoms with Gasteiger partial charge in [-0.2, -0.15) is 0 Å². The summed E-state index contributed by atoms with van der Waals surface area (Å²) < 4.78 is 0. The van der Waals surface area contributed by atoms with E-state index in [2.05, 4.69) is 29.6 Å². The number of nitrogens with zero attached hydrogens (tertiary/aromatic N) is 1. The minimum absolute atomic E-state index is 0.549. The van der Waals surface area contributed by atoms with Gasteiger partial charge in [0.25, 0.3) is 0 Å². The van der Waals surface area contributed by atoms with Crippen molar-refractivity contribution in [2.75, 3.05) is 10.7 Å². The lowest BCUT2D eigenvalue weighted by Crippen LogP contribution is -2.19. The highest BCUT2D eigenvalue weighted by Gasteiger charge is 2.07. The Labute approximate surface area is 104 Å². The molecule has 4 heteroatoms. The number of rotatable bonds is 8. The first-order valence-electron chi connectivity index (χ1n) is 6.49. The van der Waals surface area contributed by atoms with Crippen molar-refractivity contribution >= 4 is 11.5 Å². The SMILES string of the molecule is CCCCC(CCC)Nc1ccnc(NN)c1. The average Bonchev–Trinajstić information content (AvgIpc) is 2.36. The molecule has 17 heavy (non-hydrogen) atoms. The zero-order valence-electron chi connectivity index (χ0n) is 10.9. The normalized spacial score (nSPS) is 12.2. The Balaban J connectivity index is 2.57. The fraction of sp³-hybridized carbons (Fsp3) is 0.615. The Hall–Kier alpha value is -1.29. The molecule has 0 saturated heterocycles. The molecule has 0 saturated carbocycles. The van der Waals surface area contributed by atoms with Crippen molar-refractivity contribution in [1.29, 1.82) is 0 Å². The number of hydrogen-bond acceptors (Lipinski definition) is 4. The lowest BCUT2D eigenvalue weighted by Gasteiger charge is -2.19. The monoisotopic (exact) mass is 236 g/mol. The van der Waals surface area contributed by atoms with E-state index in [0.717, 1.165) is 5.69 Å². The topological polar surface area (TPSA) is 63.0 Å². The van der Waals surface area contributed by atoms with Crippen LogP contribution in [0.4, 0.5) is 11.5 Å². The predicted octanol–water partition coefficient (Wildman–Crippen LogP) is 3.14. The van der Waals surface area contributed by atoms with Crippen LogP contribution in [0, 0.1) is 0 Å². The number of aromatic nitrogens is 1. The number of pyridine rings is 1. The van der Waals surface area contributed by atoms with Gasteiger partial charge in [0.05, 0.1) is 0 Å². The molecule has 0 fully saturated rings. The first-order valence-corrected chi connectivity index (χ1v) is 6.49. The standard InChI is InChI=1S/C13H24N4/c1-3-5-7-11(6-4-2)16-12-8-9-15-13(10-12)17-14/h8-11H,3-7,14H2,1-2H3,(H2,15,16,17). The van der Waals surface area contributed by atoms with E-state index in [0.29, 0.717) is 11.9 Å². The Morgan fingerprint density at radius 2 is 2.12 bits per heavy atom. The molecule has 0 spiro atoms. The van der Waals surface area contributed by atoms with Crippen molar-refractivity contribution in [2.24, 2.45) is 5.84 Å². The van der Waals surface area contributed by atoms with Crippen LogP contribution >= 0.6 is 0 Å². The molecule has 1 aromatic rings. The van der Waals surface area contributed by atoms with Crippen LogP contribution in [-0.4, -0.2) is 11.0 Å². The summed E-state index contributed by atoms with van der Waals surface area (Å²) in [7, 11) is 0. The van der Waals surface area contributed by atoms with Gasteiger partial charge in [-0.15, -0.1) is 0 Å². The van der Waals surface area contributed by atoms with Gasteiger partial charge in [-0.1, -0.05) is 33.1 Å². The minimum atomic E-state index is 0.549. The van der Waals surface area contributed by atoms with E-state index < -0.39 is 0 Å². The first-order chi connectivity index (χ1) is 8.30. The Bertz CT molecular complexity index is 314. The van der Waals surface area contributed by atoms with Gasteiger partial charge in [0.2, 0.25) is 0 Å². The Morgan fingerprint density at radius 1 is 1.29 bits per heavy atom. The van der Waals surface area contributed by atoms with Gasteiger partial charge in [0.15, 0.2) is 0 Å². The smallest absolute Gasteiger partial charge is 0.141 e. The molecule has 4 nitrogen and oxygen atoms in total. The number of anilines is 2. The second-order valence-electron chi connectivity index (χ2n) is 4.35. The second kappa shape index (κ2) is 7.90. The van der Waals surface area contributed by atoms with Crippen molar-refractivity contribution < 1.29 is 0 Å². The zero-order valence-corrected chi connectivity index (χ0v) is 10.9. The van der Waals surface area contributed by atoms with Crippen LogP contribution in [0.25, 0.3) is 0 Å². The maximum Gasteiger partial charge on any atom is 0.141 e. The summed E-state index contributed by atoms with van der Waals surface area (Å²) in [6, 6.07) is 4.47. The third-order valence-electron chi connectivity index (χ3n) is 2.82. The van der Waals surface area contributed by atoms with Gasteiger partial charge in [0, 0.05) is 24.0 Å². The van der Waals surface area contributed by atoms with E-state index >= 15 is 0 Å². The zero-order chi connectivity index (χ0) is 12.5. The summed E-state index contributed by atoms with van der Waals surface area (Å²) in [6.07, 6.45) is 7.90. The first kappa shape index (κ1) is 13.8. The van der Waals surface area contributed by atoms with E-state index in [1.165, 1.54) is 32.1 Å². The van der Waals surface area contributed by atoms with Crippen molar-refractivity contribution in [3.63, 3.8) is 0 Å². The van der Waals surface area contributed by atoms with Crippen LogP contribution in [0.3, 0.4) is 0 Å². The molecular weight excluding hydrogens is 212 g/mol. The quantitative estimate of drug-likeness (QED) is 0.479. The van der Waals surface area contributed by atoms with Gasteiger partial charge in [-0.25, -0.2) is 10.8 Å². The molecule has 0 amide bonds. The van der Waals surface area contributed by atoms with Crippen molar-refractivity contribution in [1.82, 2.24) is 4.98 Å². The van der Waals surface area contributed by atoms with Crippen molar-refractivity contribution in [2.45, 2.75) is 52.0 Å². The molecule has 1 unspecified atom stereocenters. The van der Waals surface area contributed by atoms with Gasteiger partial charge < -0.3 is 10.7 Å². The fourth-order valence-corrected chi connectivity index (χ4v) is 1.92. The molecule has 0 aromatic carbocycles. The lowest BCUT2D eigenvalue weighted by atomic mass is 10.0. The average molecular weight is 236 g/mol. The summed E-state index contributed by atoms with van der Waals surface area (Å²) in [5.74, 6) is 6.04. The molecular formula is C13H24N4. The summed E-state index contributed by atoms with van der Waals surface area (Å²) in [6.45, 7) is 4.45. The molecule has 96 valence electrons. The van der Waals surface area contributed by atoms with Crippen molar-refractivity contribution in [3.8, 4) is 0 Å². The Kier molecular flexibility index (Phi) is 6.40. The molecule has 1 atom stereocenters. The highest BCUT2D eigenvalue weighted by atomic mass is 15.2. The van der Waals surface area contributed by atoms with Gasteiger partial charge >= 0.3 is 0 Å². The van der Waals surface area contributed by atoms with Gasteiger partial charge in [-0.3, -0.25) is 0 Å². The lowest BCUT2D eigenvalue weighted by molar-refractivity contribution is 0.564. The number of unbranched alkanes of at least 4 members (excludes halogenated alkanes) is 1. The third kappa shape index (κ3) is 5.04. The number of hydrogen-bond donors (Lipinski definition) is 3. The molecule has 1 rings (SSSR count). The molecule has 0 aliphatic rings. The number of nitrogen functional groups attached to an aromatic ring is 1. The molecule has 1 aromatic heterocycles. The molecule has 0 aliphatic carbocycles. The van der Waals surface area contributed by atoms with Crippen LogP contribution in [0.15, 0.2) is 18.3 Å². The van der Waals surface area contributed by atoms with E-state index in [9.17, 15) is 0 Å². The maximum atomic E-state index is 5.35. The fourth-order valence-electron chi connectivity index (χ4n) is 1.92. The highest BCUT2D eigenvalue weighted by Crippen LogP contribution is 2.16. The van der Waals surface area contributed by atoms with Crippen LogP contribution in [0.1, 0.15) is 46.0 Å².